The van der Waals surface area contributed by atoms with Gasteiger partial charge in [0.25, 0.3) is 0 Å². The quantitative estimate of drug-likeness (QED) is 0.294. The largest absolute Gasteiger partial charge is 0.465 e. The Labute approximate surface area is 126 Å². The van der Waals surface area contributed by atoms with Gasteiger partial charge in [-0.05, 0) is 19.3 Å². The van der Waals surface area contributed by atoms with Crippen LogP contribution in [0.15, 0.2) is 0 Å². The third-order valence-corrected chi connectivity index (χ3v) is 3.89. The third kappa shape index (κ3) is 11.3. The Hall–Kier alpha value is -0.530. The van der Waals surface area contributed by atoms with Gasteiger partial charge in [0, 0.05) is 0 Å². The van der Waals surface area contributed by atoms with Crippen molar-refractivity contribution in [2.45, 2.75) is 97.8 Å². The van der Waals surface area contributed by atoms with Crippen LogP contribution in [-0.2, 0) is 9.53 Å². The first-order valence-corrected chi connectivity index (χ1v) is 8.92. The summed E-state index contributed by atoms with van der Waals surface area (Å²) < 4.78 is 5.47. The summed E-state index contributed by atoms with van der Waals surface area (Å²) >= 11 is 0. The van der Waals surface area contributed by atoms with Crippen LogP contribution in [-0.4, -0.2) is 12.6 Å². The molecule has 0 radical (unpaired) electrons. The van der Waals surface area contributed by atoms with Crippen molar-refractivity contribution in [3.8, 4) is 0 Å². The number of ether oxygens (including phenoxy) is 1. The molecule has 0 aliphatic carbocycles. The molecule has 0 spiro atoms. The SMILES string of the molecule is CCCCCCOC(=O)C(CCCC)CCCCCC. The van der Waals surface area contributed by atoms with Gasteiger partial charge < -0.3 is 4.74 Å². The molecule has 0 aromatic rings. The number of hydrogen-bond donors (Lipinski definition) is 0. The molecule has 0 saturated heterocycles. The maximum absolute atomic E-state index is 12.1. The van der Waals surface area contributed by atoms with E-state index >= 15 is 0 Å². The van der Waals surface area contributed by atoms with E-state index in [1.54, 1.807) is 0 Å². The van der Waals surface area contributed by atoms with Gasteiger partial charge in [-0.25, -0.2) is 0 Å². The molecule has 0 bridgehead atoms. The maximum atomic E-state index is 12.1. The van der Waals surface area contributed by atoms with Crippen LogP contribution in [0.2, 0.25) is 0 Å². The first-order chi connectivity index (χ1) is 9.76. The van der Waals surface area contributed by atoms with E-state index in [4.69, 9.17) is 4.74 Å². The zero-order chi connectivity index (χ0) is 15.1. The highest BCUT2D eigenvalue weighted by Crippen LogP contribution is 2.19. The van der Waals surface area contributed by atoms with Crippen molar-refractivity contribution < 1.29 is 9.53 Å². The molecule has 0 N–H and O–H groups in total. The lowest BCUT2D eigenvalue weighted by molar-refractivity contribution is -0.149. The van der Waals surface area contributed by atoms with Crippen LogP contribution >= 0.6 is 0 Å². The smallest absolute Gasteiger partial charge is 0.308 e. The molecule has 0 heterocycles. The van der Waals surface area contributed by atoms with E-state index in [0.29, 0.717) is 6.61 Å². The van der Waals surface area contributed by atoms with Crippen molar-refractivity contribution in [1.82, 2.24) is 0 Å². The Morgan fingerprint density at radius 1 is 0.750 bits per heavy atom. The topological polar surface area (TPSA) is 26.3 Å². The molecule has 0 aromatic carbocycles. The molecule has 120 valence electrons. The van der Waals surface area contributed by atoms with E-state index in [1.165, 1.54) is 44.9 Å². The number of rotatable bonds is 14. The van der Waals surface area contributed by atoms with Gasteiger partial charge >= 0.3 is 5.97 Å². The molecule has 1 atom stereocenters. The molecule has 0 saturated carbocycles. The zero-order valence-electron chi connectivity index (χ0n) is 14.1. The summed E-state index contributed by atoms with van der Waals surface area (Å²) in [6.45, 7) is 7.23. The van der Waals surface area contributed by atoms with Crippen LogP contribution < -0.4 is 0 Å². The van der Waals surface area contributed by atoms with E-state index < -0.39 is 0 Å². The minimum atomic E-state index is 0.0615. The highest BCUT2D eigenvalue weighted by molar-refractivity contribution is 5.72. The van der Waals surface area contributed by atoms with Gasteiger partial charge in [0.15, 0.2) is 0 Å². The summed E-state index contributed by atoms with van der Waals surface area (Å²) in [7, 11) is 0. The number of carbonyl (C=O) groups is 1. The van der Waals surface area contributed by atoms with Crippen LogP contribution in [0.5, 0.6) is 0 Å². The average Bonchev–Trinajstić information content (AvgIpc) is 2.46. The maximum Gasteiger partial charge on any atom is 0.308 e. The van der Waals surface area contributed by atoms with Gasteiger partial charge in [-0.2, -0.15) is 0 Å². The van der Waals surface area contributed by atoms with E-state index in [0.717, 1.165) is 32.1 Å². The molecular weight excluding hydrogens is 248 g/mol. The summed E-state index contributed by atoms with van der Waals surface area (Å²) in [5.74, 6) is 0.212. The fourth-order valence-corrected chi connectivity index (χ4v) is 2.47. The van der Waals surface area contributed by atoms with E-state index in [9.17, 15) is 4.79 Å². The second kappa shape index (κ2) is 14.9. The summed E-state index contributed by atoms with van der Waals surface area (Å²) in [5.41, 5.74) is 0. The second-order valence-corrected chi connectivity index (χ2v) is 5.92. The second-order valence-electron chi connectivity index (χ2n) is 5.92. The van der Waals surface area contributed by atoms with Gasteiger partial charge in [-0.1, -0.05) is 78.6 Å². The minimum Gasteiger partial charge on any atom is -0.465 e. The summed E-state index contributed by atoms with van der Waals surface area (Å²) in [6.07, 6.45) is 14.0. The fourth-order valence-electron chi connectivity index (χ4n) is 2.47. The van der Waals surface area contributed by atoms with Crippen LogP contribution in [0.1, 0.15) is 97.8 Å². The monoisotopic (exact) mass is 284 g/mol. The Morgan fingerprint density at radius 2 is 1.30 bits per heavy atom. The summed E-state index contributed by atoms with van der Waals surface area (Å²) in [4.78, 5) is 12.1. The predicted molar refractivity (Wildman–Crippen MR) is 86.9 cm³/mol. The Bertz CT molecular complexity index is 213. The molecule has 20 heavy (non-hydrogen) atoms. The van der Waals surface area contributed by atoms with E-state index in [2.05, 4.69) is 20.8 Å². The minimum absolute atomic E-state index is 0.0615. The van der Waals surface area contributed by atoms with Gasteiger partial charge in [0.05, 0.1) is 12.5 Å². The fraction of sp³-hybridized carbons (Fsp3) is 0.944. The van der Waals surface area contributed by atoms with Crippen molar-refractivity contribution in [2.24, 2.45) is 5.92 Å². The molecule has 2 nitrogen and oxygen atoms in total. The van der Waals surface area contributed by atoms with Gasteiger partial charge in [-0.3, -0.25) is 4.79 Å². The standard InChI is InChI=1S/C18H36O2/c1-4-7-10-12-15-17(14-9-6-3)18(19)20-16-13-11-8-5-2/h17H,4-16H2,1-3H3. The lowest BCUT2D eigenvalue weighted by Gasteiger charge is -2.15. The number of esters is 1. The van der Waals surface area contributed by atoms with Crippen LogP contribution in [0, 0.1) is 5.92 Å². The third-order valence-electron chi connectivity index (χ3n) is 3.89. The first kappa shape index (κ1) is 19.5. The Kier molecular flexibility index (Phi) is 14.5. The summed E-state index contributed by atoms with van der Waals surface area (Å²) in [5, 5.41) is 0. The van der Waals surface area contributed by atoms with Crippen molar-refractivity contribution in [1.29, 1.82) is 0 Å². The first-order valence-electron chi connectivity index (χ1n) is 8.92. The van der Waals surface area contributed by atoms with E-state index in [-0.39, 0.29) is 11.9 Å². The highest BCUT2D eigenvalue weighted by atomic mass is 16.5. The summed E-state index contributed by atoms with van der Waals surface area (Å²) in [6, 6.07) is 0. The van der Waals surface area contributed by atoms with Gasteiger partial charge in [0.1, 0.15) is 0 Å². The molecule has 0 aromatic heterocycles. The molecule has 2 heteroatoms. The van der Waals surface area contributed by atoms with Crippen molar-refractivity contribution in [3.05, 3.63) is 0 Å². The van der Waals surface area contributed by atoms with Gasteiger partial charge in [0.2, 0.25) is 0 Å². The predicted octanol–water partition coefficient (Wildman–Crippen LogP) is 5.89. The van der Waals surface area contributed by atoms with Crippen LogP contribution in [0.25, 0.3) is 0 Å². The van der Waals surface area contributed by atoms with Crippen molar-refractivity contribution >= 4 is 5.97 Å². The molecule has 0 aliphatic heterocycles. The molecule has 0 fully saturated rings. The highest BCUT2D eigenvalue weighted by Gasteiger charge is 2.18. The van der Waals surface area contributed by atoms with Crippen molar-refractivity contribution in [3.63, 3.8) is 0 Å². The number of unbranched alkanes of at least 4 members (excludes halogenated alkanes) is 7. The van der Waals surface area contributed by atoms with Crippen LogP contribution in [0.3, 0.4) is 0 Å². The zero-order valence-corrected chi connectivity index (χ0v) is 14.1. The molecule has 0 rings (SSSR count). The van der Waals surface area contributed by atoms with Crippen molar-refractivity contribution in [2.75, 3.05) is 6.61 Å². The average molecular weight is 284 g/mol. The molecule has 0 aliphatic rings. The normalized spacial score (nSPS) is 12.3. The molecule has 1 unspecified atom stereocenters. The van der Waals surface area contributed by atoms with Crippen LogP contribution in [0.4, 0.5) is 0 Å². The lowest BCUT2D eigenvalue weighted by Crippen LogP contribution is -2.18. The Morgan fingerprint density at radius 3 is 1.90 bits per heavy atom. The Balaban J connectivity index is 3.87. The number of hydrogen-bond acceptors (Lipinski definition) is 2. The van der Waals surface area contributed by atoms with Gasteiger partial charge in [-0.15, -0.1) is 0 Å². The van der Waals surface area contributed by atoms with E-state index in [1.807, 2.05) is 0 Å². The molecular formula is C18H36O2. The molecule has 0 amide bonds. The lowest BCUT2D eigenvalue weighted by atomic mass is 9.95. The number of carbonyl (C=O) groups excluding carboxylic acids is 1.